The zero-order valence-electron chi connectivity index (χ0n) is 37.5. The molecule has 0 N–H and O–H groups in total. The zero-order valence-corrected chi connectivity index (χ0v) is 37.5. The molecule has 1 aliphatic rings. The Morgan fingerprint density at radius 1 is 0.319 bits per heavy atom. The summed E-state index contributed by atoms with van der Waals surface area (Å²) in [6.45, 7) is 0. The molecule has 10 aromatic carbocycles. The number of fused-ring (bicyclic) bond motifs is 9. The number of allylic oxidation sites excluding steroid dienone is 1. The molecule has 0 radical (unpaired) electrons. The summed E-state index contributed by atoms with van der Waals surface area (Å²) in [6.07, 6.45) is 5.42. The summed E-state index contributed by atoms with van der Waals surface area (Å²) < 4.78 is 19.1. The van der Waals surface area contributed by atoms with E-state index < -0.39 is 0 Å². The van der Waals surface area contributed by atoms with E-state index in [1.165, 1.54) is 38.8 Å². The Kier molecular flexibility index (Phi) is 9.03. The van der Waals surface area contributed by atoms with Gasteiger partial charge < -0.3 is 13.3 Å². The minimum absolute atomic E-state index is 0.196. The monoisotopic (exact) mass is 882 g/mol. The largest absolute Gasteiger partial charge is 0.460 e. The van der Waals surface area contributed by atoms with Gasteiger partial charge in [-0.15, -0.1) is 0 Å². The van der Waals surface area contributed by atoms with Crippen LogP contribution < -0.4 is 0 Å². The topological polar surface area (TPSA) is 39.4 Å². The van der Waals surface area contributed by atoms with Crippen molar-refractivity contribution in [2.24, 2.45) is 0 Å². The maximum atomic E-state index is 6.48. The van der Waals surface area contributed by atoms with Gasteiger partial charge in [-0.05, 0) is 116 Å². The molecule has 0 amide bonds. The highest BCUT2D eigenvalue weighted by Crippen LogP contribution is 2.45. The molecular weight excluding hydrogens is 841 g/mol. The first-order valence-electron chi connectivity index (χ1n) is 23.7. The van der Waals surface area contributed by atoms with Crippen LogP contribution in [-0.2, 0) is 0 Å². The predicted octanol–water partition coefficient (Wildman–Crippen LogP) is 18.8. The van der Waals surface area contributed by atoms with E-state index in [0.29, 0.717) is 0 Å². The normalized spacial score (nSPS) is 13.5. The third kappa shape index (κ3) is 6.58. The van der Waals surface area contributed by atoms with Crippen molar-refractivity contribution < 1.29 is 13.3 Å². The van der Waals surface area contributed by atoms with Gasteiger partial charge in [0.1, 0.15) is 33.7 Å². The molecule has 0 saturated carbocycles. The average Bonchev–Trinajstić information content (AvgIpc) is 4.13. The van der Waals surface area contributed by atoms with Crippen LogP contribution in [-0.4, -0.2) is 0 Å². The number of rotatable bonds is 7. The molecule has 3 aromatic heterocycles. The quantitative estimate of drug-likeness (QED) is 0.160. The molecule has 0 spiro atoms. The summed E-state index contributed by atoms with van der Waals surface area (Å²) in [5.74, 6) is 1.26. The first kappa shape index (κ1) is 39.3. The molecule has 0 fully saturated rings. The van der Waals surface area contributed by atoms with E-state index >= 15 is 0 Å². The van der Waals surface area contributed by atoms with Gasteiger partial charge in [-0.3, -0.25) is 0 Å². The van der Waals surface area contributed by atoms with Crippen molar-refractivity contribution in [3.63, 3.8) is 0 Å². The van der Waals surface area contributed by atoms with Crippen molar-refractivity contribution in [1.29, 1.82) is 0 Å². The number of hydrogen-bond acceptors (Lipinski definition) is 3. The first-order valence-corrected chi connectivity index (χ1v) is 23.7. The smallest absolute Gasteiger partial charge is 0.136 e. The molecule has 14 rings (SSSR count). The van der Waals surface area contributed by atoms with E-state index in [9.17, 15) is 0 Å². The van der Waals surface area contributed by atoms with Gasteiger partial charge in [-0.2, -0.15) is 0 Å². The van der Waals surface area contributed by atoms with E-state index in [0.717, 1.165) is 106 Å². The third-order valence-corrected chi connectivity index (χ3v) is 14.3. The summed E-state index contributed by atoms with van der Waals surface area (Å²) in [7, 11) is 0. The lowest BCUT2D eigenvalue weighted by Crippen LogP contribution is -2.03. The van der Waals surface area contributed by atoms with E-state index in [1.54, 1.807) is 0 Å². The Morgan fingerprint density at radius 2 is 0.812 bits per heavy atom. The van der Waals surface area contributed by atoms with Crippen molar-refractivity contribution in [3.05, 3.63) is 247 Å². The number of hydrogen-bond donors (Lipinski definition) is 0. The van der Waals surface area contributed by atoms with E-state index in [4.69, 9.17) is 13.3 Å². The molecule has 0 bridgehead atoms. The Labute approximate surface area is 398 Å². The van der Waals surface area contributed by atoms with Gasteiger partial charge in [-0.25, -0.2) is 0 Å². The maximum Gasteiger partial charge on any atom is 0.136 e. The van der Waals surface area contributed by atoms with Crippen molar-refractivity contribution in [2.45, 2.75) is 12.3 Å². The van der Waals surface area contributed by atoms with Crippen molar-refractivity contribution in [2.75, 3.05) is 0 Å². The minimum Gasteiger partial charge on any atom is -0.460 e. The van der Waals surface area contributed by atoms with Crippen LogP contribution in [0, 0.1) is 0 Å². The van der Waals surface area contributed by atoms with Crippen molar-refractivity contribution >= 4 is 60.9 Å². The highest BCUT2D eigenvalue weighted by molar-refractivity contribution is 6.16. The average molecular weight is 883 g/mol. The number of para-hydroxylation sites is 3. The fourth-order valence-electron chi connectivity index (χ4n) is 10.9. The molecule has 3 heteroatoms. The summed E-state index contributed by atoms with van der Waals surface area (Å²) in [5.41, 5.74) is 21.0. The minimum atomic E-state index is 0.196. The Bertz CT molecular complexity index is 4140. The molecule has 1 aliphatic carbocycles. The van der Waals surface area contributed by atoms with Crippen LogP contribution in [0.25, 0.3) is 128 Å². The molecule has 0 aliphatic heterocycles. The van der Waals surface area contributed by atoms with Crippen LogP contribution in [0.1, 0.15) is 29.2 Å². The van der Waals surface area contributed by atoms with E-state index in [1.807, 2.05) is 24.3 Å². The third-order valence-electron chi connectivity index (χ3n) is 14.3. The summed E-state index contributed by atoms with van der Waals surface area (Å²) in [5, 5.41) is 5.70. The van der Waals surface area contributed by atoms with Gasteiger partial charge in [0.15, 0.2) is 0 Å². The van der Waals surface area contributed by atoms with Gasteiger partial charge in [0, 0.05) is 44.0 Å². The second-order valence-electron chi connectivity index (χ2n) is 18.2. The summed E-state index contributed by atoms with van der Waals surface area (Å²) in [4.78, 5) is 0. The molecule has 1 unspecified atom stereocenters. The number of benzene rings is 10. The zero-order chi connectivity index (χ0) is 45.4. The molecule has 3 nitrogen and oxygen atoms in total. The van der Waals surface area contributed by atoms with Crippen molar-refractivity contribution in [3.8, 4) is 66.8 Å². The molecule has 1 atom stereocenters. The lowest BCUT2D eigenvalue weighted by atomic mass is 9.86. The highest BCUT2D eigenvalue weighted by Gasteiger charge is 2.25. The van der Waals surface area contributed by atoms with Crippen LogP contribution in [0.15, 0.2) is 244 Å². The Balaban J connectivity index is 0.786. The molecule has 69 heavy (non-hydrogen) atoms. The Morgan fingerprint density at radius 3 is 1.48 bits per heavy atom. The Hall–Kier alpha value is -8.92. The van der Waals surface area contributed by atoms with Crippen LogP contribution in [0.3, 0.4) is 0 Å². The van der Waals surface area contributed by atoms with Crippen LogP contribution in [0.2, 0.25) is 0 Å². The summed E-state index contributed by atoms with van der Waals surface area (Å²) in [6, 6.07) is 80.5. The molecule has 3 heterocycles. The summed E-state index contributed by atoms with van der Waals surface area (Å²) >= 11 is 0. The van der Waals surface area contributed by atoms with E-state index in [2.05, 4.69) is 212 Å². The molecule has 13 aromatic rings. The van der Waals surface area contributed by atoms with Crippen LogP contribution in [0.5, 0.6) is 0 Å². The highest BCUT2D eigenvalue weighted by atomic mass is 16.3. The fourth-order valence-corrected chi connectivity index (χ4v) is 10.9. The van der Waals surface area contributed by atoms with Crippen molar-refractivity contribution in [1.82, 2.24) is 0 Å². The molecule has 324 valence electrons. The van der Waals surface area contributed by atoms with Crippen LogP contribution in [0.4, 0.5) is 0 Å². The van der Waals surface area contributed by atoms with Gasteiger partial charge in [0.05, 0.1) is 0 Å². The van der Waals surface area contributed by atoms with Gasteiger partial charge in [-0.1, -0.05) is 194 Å². The lowest BCUT2D eigenvalue weighted by molar-refractivity contribution is 0.517. The van der Waals surface area contributed by atoms with E-state index in [-0.39, 0.29) is 5.92 Å². The fraction of sp³-hybridized carbons (Fsp3) is 0.0303. The number of furan rings is 3. The van der Waals surface area contributed by atoms with Gasteiger partial charge in [0.25, 0.3) is 0 Å². The standard InChI is InChI=1S/C66H42O3/c1-4-21-58-54(15-1)55-20-9-19-53(66(55)69-58)45-33-27-41(28-34-45)47-11-7-12-48(39-47)43-29-35-46(36-30-43)63-52(37-38-62-65(63)57-17-3-6-23-60(57)68-62)44-31-25-42(26-32-44)49-13-8-14-50(40-49)51-18-10-24-61-64(51)56-16-2-5-22-59(56)67-61/h1-18,20-40,53H,19H2. The van der Waals surface area contributed by atoms with Gasteiger partial charge in [0.2, 0.25) is 0 Å². The SMILES string of the molecule is C1=Cc2c(oc3ccccc23)C(c2ccc(-c3cccc(-c4ccc(-c5c(-c6ccc(-c7cccc(-c8cccc9oc%10ccccc%10c89)c7)cc6)ccc6oc7ccccc7c56)cc4)c3)cc2)C1. The van der Waals surface area contributed by atoms with Gasteiger partial charge >= 0.3 is 0 Å². The molecular formula is C66H42O3. The lowest BCUT2D eigenvalue weighted by Gasteiger charge is -2.18. The van der Waals surface area contributed by atoms with Crippen LogP contribution >= 0.6 is 0 Å². The second-order valence-corrected chi connectivity index (χ2v) is 18.2. The first-order chi connectivity index (χ1) is 34.2. The predicted molar refractivity (Wildman–Crippen MR) is 285 cm³/mol. The molecule has 0 saturated heterocycles. The second kappa shape index (κ2) is 15.9. The maximum absolute atomic E-state index is 6.48.